The minimum atomic E-state index is -0.892. The first-order chi connectivity index (χ1) is 8.20. The first-order valence-electron chi connectivity index (χ1n) is 6.16. The molecule has 1 aliphatic heterocycles. The summed E-state index contributed by atoms with van der Waals surface area (Å²) in [6, 6.07) is -0.00218. The number of carboxylic acids is 1. The Morgan fingerprint density at radius 2 is 2.06 bits per heavy atom. The second-order valence-electron chi connectivity index (χ2n) is 6.05. The SMILES string of the molecule is C[C@H]1CC(C(=O)O)=C[C@H]2[C@@H]1N2C(=O)OC(C)(C)C. The molecule has 1 aliphatic carbocycles. The molecule has 1 amide bonds. The summed E-state index contributed by atoms with van der Waals surface area (Å²) in [7, 11) is 0. The summed E-state index contributed by atoms with van der Waals surface area (Å²) in [6.45, 7) is 7.43. The molecule has 0 unspecified atom stereocenters. The standard InChI is InChI=1S/C13H19NO4/c1-7-5-8(11(15)16)6-9-10(7)14(9)12(17)18-13(2,3)4/h6-7,9-10H,5H2,1-4H3,(H,15,16)/t7-,9-,10+,14?/m0/s1. The van der Waals surface area contributed by atoms with E-state index in [1.165, 1.54) is 0 Å². The maximum atomic E-state index is 11.9. The van der Waals surface area contributed by atoms with Gasteiger partial charge < -0.3 is 9.84 Å². The number of nitrogens with zero attached hydrogens (tertiary/aromatic N) is 1. The number of carboxylic acid groups (broad SMARTS) is 1. The highest BCUT2D eigenvalue weighted by Crippen LogP contribution is 2.43. The zero-order valence-corrected chi connectivity index (χ0v) is 11.1. The second-order valence-corrected chi connectivity index (χ2v) is 6.05. The molecule has 1 N–H and O–H groups in total. The van der Waals surface area contributed by atoms with Crippen LogP contribution in [0.2, 0.25) is 0 Å². The molecule has 5 heteroatoms. The summed E-state index contributed by atoms with van der Waals surface area (Å²) >= 11 is 0. The number of rotatable bonds is 1. The number of carbonyl (C=O) groups excluding carboxylic acids is 1. The Balaban J connectivity index is 2.08. The highest BCUT2D eigenvalue weighted by Gasteiger charge is 2.56. The van der Waals surface area contributed by atoms with Crippen molar-refractivity contribution in [2.45, 2.75) is 51.8 Å². The van der Waals surface area contributed by atoms with Gasteiger partial charge in [-0.2, -0.15) is 0 Å². The normalized spacial score (nSPS) is 30.3. The van der Waals surface area contributed by atoms with Crippen molar-refractivity contribution >= 4 is 12.1 Å². The number of hydrogen-bond donors (Lipinski definition) is 1. The Kier molecular flexibility index (Phi) is 2.87. The van der Waals surface area contributed by atoms with Crippen molar-refractivity contribution in [3.05, 3.63) is 11.6 Å². The van der Waals surface area contributed by atoms with Gasteiger partial charge in [-0.3, -0.25) is 4.90 Å². The summed E-state index contributed by atoms with van der Waals surface area (Å²) in [5.74, 6) is -0.727. The predicted molar refractivity (Wildman–Crippen MR) is 65.1 cm³/mol. The van der Waals surface area contributed by atoms with E-state index in [2.05, 4.69) is 0 Å². The van der Waals surface area contributed by atoms with Gasteiger partial charge in [0.2, 0.25) is 0 Å². The summed E-state index contributed by atoms with van der Waals surface area (Å²) in [6.07, 6.45) is 1.83. The molecule has 18 heavy (non-hydrogen) atoms. The quantitative estimate of drug-likeness (QED) is 0.726. The van der Waals surface area contributed by atoms with Gasteiger partial charge >= 0.3 is 12.1 Å². The largest absolute Gasteiger partial charge is 0.478 e. The number of aliphatic carboxylic acids is 1. The average Bonchev–Trinajstić information content (AvgIpc) is 2.89. The molecule has 0 spiro atoms. The molecule has 1 fully saturated rings. The van der Waals surface area contributed by atoms with E-state index in [4.69, 9.17) is 9.84 Å². The minimum Gasteiger partial charge on any atom is -0.478 e. The van der Waals surface area contributed by atoms with E-state index in [0.29, 0.717) is 12.0 Å². The summed E-state index contributed by atoms with van der Waals surface area (Å²) in [4.78, 5) is 24.5. The lowest BCUT2D eigenvalue weighted by atomic mass is 9.90. The van der Waals surface area contributed by atoms with E-state index in [1.54, 1.807) is 11.0 Å². The summed E-state index contributed by atoms with van der Waals surface area (Å²) < 4.78 is 5.31. The van der Waals surface area contributed by atoms with Gasteiger partial charge in [-0.1, -0.05) is 6.92 Å². The van der Waals surface area contributed by atoms with E-state index in [9.17, 15) is 9.59 Å². The van der Waals surface area contributed by atoms with Gasteiger partial charge in [0.1, 0.15) is 5.60 Å². The Hall–Kier alpha value is -1.52. The number of ether oxygens (including phenoxy) is 1. The Morgan fingerprint density at radius 3 is 2.56 bits per heavy atom. The molecule has 2 rings (SSSR count). The topological polar surface area (TPSA) is 66.6 Å². The molecule has 1 saturated heterocycles. The van der Waals surface area contributed by atoms with Gasteiger partial charge in [0.25, 0.3) is 0 Å². The predicted octanol–water partition coefficient (Wildman–Crippen LogP) is 2.03. The van der Waals surface area contributed by atoms with Crippen LogP contribution in [-0.4, -0.2) is 39.8 Å². The fourth-order valence-corrected chi connectivity index (χ4v) is 2.52. The molecular weight excluding hydrogens is 234 g/mol. The fourth-order valence-electron chi connectivity index (χ4n) is 2.52. The van der Waals surface area contributed by atoms with Crippen LogP contribution in [0.1, 0.15) is 34.1 Å². The van der Waals surface area contributed by atoms with Crippen molar-refractivity contribution in [1.29, 1.82) is 0 Å². The maximum absolute atomic E-state index is 11.9. The highest BCUT2D eigenvalue weighted by molar-refractivity contribution is 5.88. The number of fused-ring (bicyclic) bond motifs is 1. The minimum absolute atomic E-state index is 0.1000. The highest BCUT2D eigenvalue weighted by atomic mass is 16.6. The van der Waals surface area contributed by atoms with Crippen molar-refractivity contribution in [3.8, 4) is 0 Å². The number of amides is 1. The van der Waals surface area contributed by atoms with Crippen LogP contribution in [-0.2, 0) is 9.53 Å². The van der Waals surface area contributed by atoms with Gasteiger partial charge in [-0.05, 0) is 39.2 Å². The van der Waals surface area contributed by atoms with E-state index < -0.39 is 11.6 Å². The molecule has 5 nitrogen and oxygen atoms in total. The smallest absolute Gasteiger partial charge is 0.411 e. The van der Waals surface area contributed by atoms with Crippen molar-refractivity contribution in [2.75, 3.05) is 0 Å². The summed E-state index contributed by atoms with van der Waals surface area (Å²) in [5, 5.41) is 9.00. The Bertz CT molecular complexity index is 421. The first-order valence-corrected chi connectivity index (χ1v) is 6.16. The van der Waals surface area contributed by atoms with E-state index >= 15 is 0 Å². The monoisotopic (exact) mass is 253 g/mol. The summed E-state index contributed by atoms with van der Waals surface area (Å²) in [5.41, 5.74) is -0.124. The Labute approximate surface area is 106 Å². The van der Waals surface area contributed by atoms with Crippen LogP contribution in [0, 0.1) is 5.92 Å². The van der Waals surface area contributed by atoms with Gasteiger partial charge in [-0.15, -0.1) is 0 Å². The van der Waals surface area contributed by atoms with Crippen LogP contribution in [0.25, 0.3) is 0 Å². The van der Waals surface area contributed by atoms with Crippen LogP contribution in [0.4, 0.5) is 4.79 Å². The lowest BCUT2D eigenvalue weighted by Crippen LogP contribution is -2.28. The second kappa shape index (κ2) is 4.00. The van der Waals surface area contributed by atoms with E-state index in [0.717, 1.165) is 0 Å². The van der Waals surface area contributed by atoms with E-state index in [-0.39, 0.29) is 24.1 Å². The van der Waals surface area contributed by atoms with Crippen LogP contribution in [0.5, 0.6) is 0 Å². The molecule has 100 valence electrons. The van der Waals surface area contributed by atoms with Crippen molar-refractivity contribution in [2.24, 2.45) is 5.92 Å². The van der Waals surface area contributed by atoms with Crippen molar-refractivity contribution < 1.29 is 19.4 Å². The molecule has 0 saturated carbocycles. The van der Waals surface area contributed by atoms with E-state index in [1.807, 2.05) is 27.7 Å². The molecule has 0 aromatic heterocycles. The Morgan fingerprint density at radius 1 is 1.44 bits per heavy atom. The van der Waals surface area contributed by atoms with Gasteiger partial charge in [0.05, 0.1) is 12.1 Å². The van der Waals surface area contributed by atoms with Crippen LogP contribution in [0.3, 0.4) is 0 Å². The third-order valence-electron chi connectivity index (χ3n) is 3.28. The third kappa shape index (κ3) is 2.35. The lowest BCUT2D eigenvalue weighted by Gasteiger charge is -2.20. The molecule has 0 aromatic carbocycles. The maximum Gasteiger partial charge on any atom is 0.411 e. The zero-order chi connectivity index (χ0) is 13.7. The number of carbonyl (C=O) groups is 2. The first kappa shape index (κ1) is 12.9. The van der Waals surface area contributed by atoms with Crippen LogP contribution in [0.15, 0.2) is 11.6 Å². The lowest BCUT2D eigenvalue weighted by molar-refractivity contribution is -0.133. The van der Waals surface area contributed by atoms with Crippen LogP contribution >= 0.6 is 0 Å². The van der Waals surface area contributed by atoms with Gasteiger partial charge in [0, 0.05) is 5.57 Å². The van der Waals surface area contributed by atoms with Crippen LogP contribution < -0.4 is 0 Å². The molecule has 0 aromatic rings. The molecule has 1 heterocycles. The molecule has 3 atom stereocenters. The molecule has 2 aliphatic rings. The number of hydrogen-bond acceptors (Lipinski definition) is 3. The average molecular weight is 253 g/mol. The molecule has 0 bridgehead atoms. The van der Waals surface area contributed by atoms with Crippen molar-refractivity contribution in [3.63, 3.8) is 0 Å². The zero-order valence-electron chi connectivity index (χ0n) is 11.1. The third-order valence-corrected chi connectivity index (χ3v) is 3.28. The van der Waals surface area contributed by atoms with Gasteiger partial charge in [-0.25, -0.2) is 9.59 Å². The van der Waals surface area contributed by atoms with Gasteiger partial charge in [0.15, 0.2) is 0 Å². The molecular formula is C13H19NO4. The fraction of sp³-hybridized carbons (Fsp3) is 0.692. The molecule has 0 radical (unpaired) electrons. The van der Waals surface area contributed by atoms with Crippen molar-refractivity contribution in [1.82, 2.24) is 4.90 Å².